The minimum atomic E-state index is -0.282. The molecule has 0 saturated carbocycles. The van der Waals surface area contributed by atoms with E-state index >= 15 is 0 Å². The van der Waals surface area contributed by atoms with Gasteiger partial charge in [0, 0.05) is 36.4 Å². The molecule has 7 nitrogen and oxygen atoms in total. The number of nitrogens with zero attached hydrogens (tertiary/aromatic N) is 1. The lowest BCUT2D eigenvalue weighted by atomic mass is 9.72. The van der Waals surface area contributed by atoms with Crippen LogP contribution in [-0.2, 0) is 5.41 Å². The number of hydrogen-bond acceptors (Lipinski definition) is 5. The highest BCUT2D eigenvalue weighted by molar-refractivity contribution is 5.92. The van der Waals surface area contributed by atoms with E-state index in [0.717, 1.165) is 59.7 Å². The molecule has 0 aliphatic carbocycles. The maximum absolute atomic E-state index is 13.4. The van der Waals surface area contributed by atoms with Crippen molar-refractivity contribution in [3.05, 3.63) is 77.4 Å². The molecule has 0 aromatic heterocycles. The zero-order chi connectivity index (χ0) is 28.2. The number of carbonyl (C=O) groups is 1. The van der Waals surface area contributed by atoms with E-state index in [1.807, 2.05) is 42.5 Å². The summed E-state index contributed by atoms with van der Waals surface area (Å²) in [5.41, 5.74) is 11.5. The molecule has 2 amide bonds. The van der Waals surface area contributed by atoms with E-state index in [4.69, 9.17) is 10.5 Å². The van der Waals surface area contributed by atoms with Crippen molar-refractivity contribution in [1.82, 2.24) is 5.32 Å². The van der Waals surface area contributed by atoms with Crippen molar-refractivity contribution >= 4 is 47.9 Å². The third-order valence-corrected chi connectivity index (χ3v) is 7.92. The standard InChI is InChI=1S/C32H42N4O3.2ClH/c1-21(2)26-18-24(33)19-27(22(3)4)30(26)35-31(38)34-20-32(23-9-8-10-25(17-23)39-5)13-15-36(16-14-32)28-11-6-7-12-29(28)37;;/h6-12,17-19,21-22,37H,13-16,20,33H2,1-5H3,(H2,34,35,38);2*1H. The van der Waals surface area contributed by atoms with Gasteiger partial charge in [0.25, 0.3) is 0 Å². The Balaban J connectivity index is 0.00000294. The van der Waals surface area contributed by atoms with Crippen LogP contribution in [0.25, 0.3) is 0 Å². The molecule has 1 heterocycles. The van der Waals surface area contributed by atoms with Crippen molar-refractivity contribution in [3.8, 4) is 11.5 Å². The summed E-state index contributed by atoms with van der Waals surface area (Å²) in [7, 11) is 1.67. The molecule has 1 saturated heterocycles. The molecule has 3 aromatic carbocycles. The van der Waals surface area contributed by atoms with Crippen LogP contribution in [0.4, 0.5) is 21.9 Å². The summed E-state index contributed by atoms with van der Waals surface area (Å²) >= 11 is 0. The third kappa shape index (κ3) is 7.72. The molecular formula is C32H44Cl2N4O3. The molecule has 5 N–H and O–H groups in total. The van der Waals surface area contributed by atoms with Crippen LogP contribution >= 0.6 is 24.8 Å². The fourth-order valence-electron chi connectivity index (χ4n) is 5.60. The SMILES string of the molecule is COc1cccc(C2(CNC(=O)Nc3c(C(C)C)cc(N)cc3C(C)C)CCN(c3ccccc3O)CC2)c1.Cl.Cl. The Morgan fingerprint density at radius 3 is 2.15 bits per heavy atom. The van der Waals surface area contributed by atoms with Crippen molar-refractivity contribution in [2.75, 3.05) is 42.7 Å². The summed E-state index contributed by atoms with van der Waals surface area (Å²) in [5, 5.41) is 16.8. The Kier molecular flexibility index (Phi) is 12.0. The van der Waals surface area contributed by atoms with Crippen LogP contribution in [0, 0.1) is 0 Å². The molecule has 0 atom stereocenters. The van der Waals surface area contributed by atoms with Gasteiger partial charge in [0.15, 0.2) is 0 Å². The molecule has 1 aliphatic heterocycles. The highest BCUT2D eigenvalue weighted by Gasteiger charge is 2.37. The number of phenols is 1. The van der Waals surface area contributed by atoms with Gasteiger partial charge in [0.05, 0.1) is 12.8 Å². The highest BCUT2D eigenvalue weighted by atomic mass is 35.5. The number of nitrogens with one attached hydrogen (secondary N) is 2. The molecule has 41 heavy (non-hydrogen) atoms. The van der Waals surface area contributed by atoms with Crippen LogP contribution in [0.1, 0.15) is 69.1 Å². The van der Waals surface area contributed by atoms with Gasteiger partial charge in [-0.3, -0.25) is 0 Å². The third-order valence-electron chi connectivity index (χ3n) is 7.92. The van der Waals surface area contributed by atoms with E-state index in [2.05, 4.69) is 55.4 Å². The quantitative estimate of drug-likeness (QED) is 0.201. The Hall–Kier alpha value is -3.29. The molecular weight excluding hydrogens is 559 g/mol. The number of hydrogen-bond donors (Lipinski definition) is 4. The number of ether oxygens (including phenoxy) is 1. The molecule has 3 aromatic rings. The molecule has 9 heteroatoms. The Bertz CT molecular complexity index is 1280. The number of piperidine rings is 1. The zero-order valence-corrected chi connectivity index (χ0v) is 26.2. The van der Waals surface area contributed by atoms with E-state index in [1.165, 1.54) is 0 Å². The maximum Gasteiger partial charge on any atom is 0.319 e. The minimum absolute atomic E-state index is 0. The first kappa shape index (κ1) is 33.9. The second-order valence-electron chi connectivity index (χ2n) is 11.2. The van der Waals surface area contributed by atoms with Crippen molar-refractivity contribution in [2.45, 2.75) is 57.8 Å². The van der Waals surface area contributed by atoms with Gasteiger partial charge in [0.1, 0.15) is 11.5 Å². The number of nitrogen functional groups attached to an aromatic ring is 1. The molecule has 0 spiro atoms. The van der Waals surface area contributed by atoms with E-state index in [9.17, 15) is 9.90 Å². The average Bonchev–Trinajstić information content (AvgIpc) is 2.93. The lowest BCUT2D eigenvalue weighted by Crippen LogP contribution is -2.49. The van der Waals surface area contributed by atoms with Crippen LogP contribution in [0.5, 0.6) is 11.5 Å². The van der Waals surface area contributed by atoms with Gasteiger partial charge in [-0.25, -0.2) is 4.79 Å². The monoisotopic (exact) mass is 602 g/mol. The molecule has 0 radical (unpaired) electrons. The molecule has 0 bridgehead atoms. The van der Waals surface area contributed by atoms with Gasteiger partial charge < -0.3 is 31.1 Å². The molecule has 1 aliphatic rings. The first-order valence-electron chi connectivity index (χ1n) is 13.8. The number of aromatic hydroxyl groups is 1. The average molecular weight is 604 g/mol. The Morgan fingerprint density at radius 2 is 1.59 bits per heavy atom. The second-order valence-corrected chi connectivity index (χ2v) is 11.2. The number of amides is 2. The number of anilines is 3. The van der Waals surface area contributed by atoms with Crippen molar-refractivity contribution in [1.29, 1.82) is 0 Å². The highest BCUT2D eigenvalue weighted by Crippen LogP contribution is 2.40. The van der Waals surface area contributed by atoms with Crippen LogP contribution in [0.3, 0.4) is 0 Å². The predicted molar refractivity (Wildman–Crippen MR) is 175 cm³/mol. The largest absolute Gasteiger partial charge is 0.506 e. The fraction of sp³-hybridized carbons (Fsp3) is 0.406. The predicted octanol–water partition coefficient (Wildman–Crippen LogP) is 7.43. The summed E-state index contributed by atoms with van der Waals surface area (Å²) in [6.45, 7) is 10.4. The number of benzene rings is 3. The topological polar surface area (TPSA) is 99.8 Å². The van der Waals surface area contributed by atoms with E-state index in [0.29, 0.717) is 12.2 Å². The van der Waals surface area contributed by atoms with Gasteiger partial charge in [-0.05, 0) is 77.8 Å². The van der Waals surface area contributed by atoms with Crippen LogP contribution in [-0.4, -0.2) is 37.9 Å². The van der Waals surface area contributed by atoms with Gasteiger partial charge in [-0.2, -0.15) is 0 Å². The molecule has 0 unspecified atom stereocenters. The van der Waals surface area contributed by atoms with Crippen molar-refractivity contribution in [3.63, 3.8) is 0 Å². The molecule has 224 valence electrons. The number of phenolic OH excluding ortho intramolecular Hbond substituents is 1. The summed E-state index contributed by atoms with van der Waals surface area (Å²) in [6, 6.07) is 19.3. The number of carbonyl (C=O) groups excluding carboxylic acids is 1. The van der Waals surface area contributed by atoms with Gasteiger partial charge in [0.2, 0.25) is 0 Å². The molecule has 1 fully saturated rings. The van der Waals surface area contributed by atoms with E-state index in [1.54, 1.807) is 13.2 Å². The first-order valence-corrected chi connectivity index (χ1v) is 13.8. The lowest BCUT2D eigenvalue weighted by molar-refractivity contribution is 0.244. The van der Waals surface area contributed by atoms with Crippen molar-refractivity contribution < 1.29 is 14.6 Å². The number of rotatable bonds is 8. The Morgan fingerprint density at radius 1 is 0.976 bits per heavy atom. The van der Waals surface area contributed by atoms with E-state index < -0.39 is 0 Å². The molecule has 4 rings (SSSR count). The van der Waals surface area contributed by atoms with Gasteiger partial charge >= 0.3 is 6.03 Å². The lowest BCUT2D eigenvalue weighted by Gasteiger charge is -2.43. The first-order chi connectivity index (χ1) is 18.6. The number of para-hydroxylation sites is 2. The zero-order valence-electron chi connectivity index (χ0n) is 24.6. The normalized spacial score (nSPS) is 14.2. The summed E-state index contributed by atoms with van der Waals surface area (Å²) in [5.74, 6) is 1.50. The smallest absolute Gasteiger partial charge is 0.319 e. The van der Waals surface area contributed by atoms with Crippen LogP contribution in [0.15, 0.2) is 60.7 Å². The summed E-state index contributed by atoms with van der Waals surface area (Å²) in [4.78, 5) is 15.6. The number of urea groups is 1. The minimum Gasteiger partial charge on any atom is -0.506 e. The number of methoxy groups -OCH3 is 1. The van der Waals surface area contributed by atoms with Gasteiger partial charge in [-0.15, -0.1) is 24.8 Å². The van der Waals surface area contributed by atoms with E-state index in [-0.39, 0.29) is 53.8 Å². The van der Waals surface area contributed by atoms with Gasteiger partial charge in [-0.1, -0.05) is 52.0 Å². The van der Waals surface area contributed by atoms with Crippen molar-refractivity contribution in [2.24, 2.45) is 0 Å². The fourth-order valence-corrected chi connectivity index (χ4v) is 5.60. The maximum atomic E-state index is 13.4. The van der Waals surface area contributed by atoms with Crippen LogP contribution in [0.2, 0.25) is 0 Å². The summed E-state index contributed by atoms with van der Waals surface area (Å²) in [6.07, 6.45) is 1.62. The number of nitrogens with two attached hydrogens (primary N) is 1. The van der Waals surface area contributed by atoms with Crippen LogP contribution < -0.4 is 26.0 Å². The second kappa shape index (κ2) is 14.6. The Labute approximate surface area is 256 Å². The number of halogens is 2. The summed E-state index contributed by atoms with van der Waals surface area (Å²) < 4.78 is 5.53.